The summed E-state index contributed by atoms with van der Waals surface area (Å²) in [6, 6.07) is 0. The quantitative estimate of drug-likeness (QED) is 0.536. The monoisotopic (exact) mass is 183 g/mol. The third kappa shape index (κ3) is 4.69. The zero-order valence-corrected chi connectivity index (χ0v) is 9.97. The van der Waals surface area contributed by atoms with E-state index in [9.17, 15) is 0 Å². The highest BCUT2D eigenvalue weighted by Crippen LogP contribution is 2.28. The van der Waals surface area contributed by atoms with Gasteiger partial charge < -0.3 is 0 Å². The molecule has 0 N–H and O–H groups in total. The van der Waals surface area contributed by atoms with E-state index in [2.05, 4.69) is 34.6 Å². The van der Waals surface area contributed by atoms with Crippen molar-refractivity contribution in [3.8, 4) is 0 Å². The molecule has 0 aromatic heterocycles. The fraction of sp³-hybridized carbons (Fsp3) is 0.923. The van der Waals surface area contributed by atoms with Gasteiger partial charge in [0, 0.05) is 0 Å². The Morgan fingerprint density at radius 1 is 0.846 bits per heavy atom. The lowest BCUT2D eigenvalue weighted by Crippen LogP contribution is -2.14. The molecule has 0 saturated heterocycles. The molecule has 0 aromatic carbocycles. The van der Waals surface area contributed by atoms with E-state index in [1.807, 2.05) is 0 Å². The lowest BCUT2D eigenvalue weighted by atomic mass is 9.81. The first-order chi connectivity index (χ1) is 6.19. The molecule has 79 valence electrons. The zero-order chi connectivity index (χ0) is 10.3. The van der Waals surface area contributed by atoms with Crippen molar-refractivity contribution in [2.24, 2.45) is 17.8 Å². The Hall–Kier alpha value is 0. The maximum absolute atomic E-state index is 4.25. The molecule has 0 saturated carbocycles. The highest BCUT2D eigenvalue weighted by atomic mass is 14.2. The molecule has 0 aliphatic rings. The number of hydrogen-bond donors (Lipinski definition) is 0. The molecule has 0 rings (SSSR count). The third-order valence-corrected chi connectivity index (χ3v) is 3.51. The molecule has 0 aliphatic heterocycles. The van der Waals surface area contributed by atoms with Crippen LogP contribution in [0.1, 0.15) is 59.8 Å². The van der Waals surface area contributed by atoms with Gasteiger partial charge >= 0.3 is 0 Å². The molecular weight excluding hydrogens is 156 g/mol. The van der Waals surface area contributed by atoms with Crippen molar-refractivity contribution in [2.75, 3.05) is 0 Å². The summed E-state index contributed by atoms with van der Waals surface area (Å²) in [5, 5.41) is 0. The lowest BCUT2D eigenvalue weighted by molar-refractivity contribution is 0.278. The van der Waals surface area contributed by atoms with Crippen molar-refractivity contribution >= 4 is 0 Å². The summed E-state index contributed by atoms with van der Waals surface area (Å²) >= 11 is 0. The molecule has 0 aromatic rings. The second-order valence-corrected chi connectivity index (χ2v) is 4.25. The van der Waals surface area contributed by atoms with Gasteiger partial charge in [-0.3, -0.25) is 0 Å². The average molecular weight is 183 g/mol. The largest absolute Gasteiger partial charge is 0.0651 e. The molecule has 13 heavy (non-hydrogen) atoms. The van der Waals surface area contributed by atoms with Crippen molar-refractivity contribution in [1.82, 2.24) is 0 Å². The third-order valence-electron chi connectivity index (χ3n) is 3.51. The van der Waals surface area contributed by atoms with Crippen molar-refractivity contribution in [2.45, 2.75) is 59.8 Å². The van der Waals surface area contributed by atoms with Gasteiger partial charge in [0.25, 0.3) is 0 Å². The van der Waals surface area contributed by atoms with Crippen molar-refractivity contribution in [3.63, 3.8) is 0 Å². The van der Waals surface area contributed by atoms with Gasteiger partial charge in [0.05, 0.1) is 0 Å². The van der Waals surface area contributed by atoms with E-state index in [-0.39, 0.29) is 0 Å². The SMILES string of the molecule is [CH2]C(CC)C(CC)CC(CC)CC. The van der Waals surface area contributed by atoms with Crippen molar-refractivity contribution < 1.29 is 0 Å². The standard InChI is InChI=1S/C13H27/c1-6-11(5)13(9-4)10-12(7-2)8-3/h11-13H,5-10H2,1-4H3. The predicted octanol–water partition coefficient (Wildman–Crippen LogP) is 4.70. The molecular formula is C13H27. The summed E-state index contributed by atoms with van der Waals surface area (Å²) in [6.45, 7) is 13.4. The summed E-state index contributed by atoms with van der Waals surface area (Å²) < 4.78 is 0. The van der Waals surface area contributed by atoms with Crippen LogP contribution in [0.15, 0.2) is 0 Å². The van der Waals surface area contributed by atoms with Gasteiger partial charge in [-0.15, -0.1) is 0 Å². The van der Waals surface area contributed by atoms with Crippen LogP contribution in [0, 0.1) is 24.7 Å². The van der Waals surface area contributed by atoms with Gasteiger partial charge in [0.2, 0.25) is 0 Å². The van der Waals surface area contributed by atoms with E-state index < -0.39 is 0 Å². The van der Waals surface area contributed by atoms with Crippen LogP contribution < -0.4 is 0 Å². The maximum atomic E-state index is 4.25. The van der Waals surface area contributed by atoms with E-state index in [1.54, 1.807) is 0 Å². The molecule has 0 spiro atoms. The maximum Gasteiger partial charge on any atom is -0.0386 e. The van der Waals surface area contributed by atoms with Gasteiger partial charge in [-0.25, -0.2) is 0 Å². The van der Waals surface area contributed by atoms with Crippen molar-refractivity contribution in [1.29, 1.82) is 0 Å². The molecule has 0 amide bonds. The minimum Gasteiger partial charge on any atom is -0.0651 e. The Morgan fingerprint density at radius 2 is 1.38 bits per heavy atom. The van der Waals surface area contributed by atoms with Crippen LogP contribution in [0.2, 0.25) is 0 Å². The minimum absolute atomic E-state index is 0.672. The average Bonchev–Trinajstić information content (AvgIpc) is 2.19. The van der Waals surface area contributed by atoms with Gasteiger partial charge in [0.15, 0.2) is 0 Å². The number of hydrogen-bond acceptors (Lipinski definition) is 0. The summed E-state index contributed by atoms with van der Waals surface area (Å²) in [5.41, 5.74) is 0. The predicted molar refractivity (Wildman–Crippen MR) is 61.6 cm³/mol. The van der Waals surface area contributed by atoms with Crippen LogP contribution in [0.25, 0.3) is 0 Å². The Morgan fingerprint density at radius 3 is 1.69 bits per heavy atom. The number of rotatable bonds is 7. The Kier molecular flexibility index (Phi) is 7.41. The van der Waals surface area contributed by atoms with Gasteiger partial charge in [-0.05, 0) is 31.1 Å². The van der Waals surface area contributed by atoms with E-state index in [4.69, 9.17) is 0 Å². The van der Waals surface area contributed by atoms with E-state index in [1.165, 1.54) is 32.1 Å². The van der Waals surface area contributed by atoms with Crippen LogP contribution in [0.3, 0.4) is 0 Å². The van der Waals surface area contributed by atoms with Gasteiger partial charge in [-0.2, -0.15) is 0 Å². The van der Waals surface area contributed by atoms with E-state index >= 15 is 0 Å². The summed E-state index contributed by atoms with van der Waals surface area (Å²) in [7, 11) is 0. The van der Waals surface area contributed by atoms with Gasteiger partial charge in [-0.1, -0.05) is 53.4 Å². The fourth-order valence-corrected chi connectivity index (χ4v) is 2.08. The molecule has 0 nitrogen and oxygen atoms in total. The topological polar surface area (TPSA) is 0 Å². The minimum atomic E-state index is 0.672. The first-order valence-corrected chi connectivity index (χ1v) is 6.02. The normalized spacial score (nSPS) is 16.2. The summed E-state index contributed by atoms with van der Waals surface area (Å²) in [4.78, 5) is 0. The lowest BCUT2D eigenvalue weighted by Gasteiger charge is -2.25. The Labute approximate surface area is 85.1 Å². The molecule has 0 aliphatic carbocycles. The smallest absolute Gasteiger partial charge is 0.0386 e. The van der Waals surface area contributed by atoms with Crippen LogP contribution in [-0.4, -0.2) is 0 Å². The van der Waals surface area contributed by atoms with Crippen LogP contribution >= 0.6 is 0 Å². The zero-order valence-electron chi connectivity index (χ0n) is 9.97. The van der Waals surface area contributed by atoms with Crippen LogP contribution in [0.5, 0.6) is 0 Å². The summed E-state index contributed by atoms with van der Waals surface area (Å²) in [5.74, 6) is 2.46. The highest BCUT2D eigenvalue weighted by Gasteiger charge is 2.17. The molecule has 0 bridgehead atoms. The highest BCUT2D eigenvalue weighted by molar-refractivity contribution is 4.72. The Bertz CT molecular complexity index is 103. The molecule has 0 fully saturated rings. The summed E-state index contributed by atoms with van der Waals surface area (Å²) in [6.07, 6.45) is 6.61. The van der Waals surface area contributed by atoms with E-state index in [0.29, 0.717) is 5.92 Å². The van der Waals surface area contributed by atoms with Gasteiger partial charge in [0.1, 0.15) is 0 Å². The van der Waals surface area contributed by atoms with Crippen LogP contribution in [0.4, 0.5) is 0 Å². The molecule has 1 radical (unpaired) electrons. The Balaban J connectivity index is 3.94. The second kappa shape index (κ2) is 7.41. The molecule has 2 atom stereocenters. The first-order valence-electron chi connectivity index (χ1n) is 6.02. The molecule has 0 heterocycles. The second-order valence-electron chi connectivity index (χ2n) is 4.25. The van der Waals surface area contributed by atoms with E-state index in [0.717, 1.165) is 11.8 Å². The first kappa shape index (κ1) is 13.0. The fourth-order valence-electron chi connectivity index (χ4n) is 2.08. The molecule has 2 unspecified atom stereocenters. The van der Waals surface area contributed by atoms with Crippen molar-refractivity contribution in [3.05, 3.63) is 6.92 Å². The van der Waals surface area contributed by atoms with Crippen LogP contribution in [-0.2, 0) is 0 Å². The molecule has 0 heteroatoms.